The fraction of sp³-hybridized carbons (Fsp3) is 0.250. The molecule has 0 saturated carbocycles. The number of nitro benzene ring substituents is 1. The fourth-order valence-electron chi connectivity index (χ4n) is 2.46. The lowest BCUT2D eigenvalue weighted by atomic mass is 10.2. The Kier molecular flexibility index (Phi) is 5.64. The lowest BCUT2D eigenvalue weighted by Gasteiger charge is -2.02. The number of para-hydroxylation sites is 1. The Labute approximate surface area is 150 Å². The molecule has 0 aliphatic carbocycles. The number of hydrogen-bond donors (Lipinski definition) is 0. The SMILES string of the molecule is CCCC[n+]1c2cc([N+](=O)[O-])ccc2nn1-c1ccccc1.[I-]. The predicted molar refractivity (Wildman–Crippen MR) is 82.8 cm³/mol. The smallest absolute Gasteiger partial charge is 0.274 e. The van der Waals surface area contributed by atoms with Crippen molar-refractivity contribution >= 4 is 16.7 Å². The summed E-state index contributed by atoms with van der Waals surface area (Å²) in [5.41, 5.74) is 2.57. The minimum absolute atomic E-state index is 0. The number of aromatic nitrogens is 3. The summed E-state index contributed by atoms with van der Waals surface area (Å²) < 4.78 is 2.00. The summed E-state index contributed by atoms with van der Waals surface area (Å²) in [5, 5.41) is 15.6. The highest BCUT2D eigenvalue weighted by Gasteiger charge is 2.22. The van der Waals surface area contributed by atoms with Gasteiger partial charge in [-0.05, 0) is 23.4 Å². The number of nitrogens with zero attached hydrogens (tertiary/aromatic N) is 4. The highest BCUT2D eigenvalue weighted by atomic mass is 127. The molecule has 7 heteroatoms. The molecule has 0 saturated heterocycles. The van der Waals surface area contributed by atoms with Crippen molar-refractivity contribution in [2.45, 2.75) is 26.3 Å². The second-order valence-electron chi connectivity index (χ2n) is 5.13. The first kappa shape index (κ1) is 17.3. The zero-order chi connectivity index (χ0) is 15.5. The first-order valence-electron chi connectivity index (χ1n) is 7.33. The van der Waals surface area contributed by atoms with Crippen LogP contribution in [-0.4, -0.2) is 14.8 Å². The largest absolute Gasteiger partial charge is 1.00 e. The average Bonchev–Trinajstić information content (AvgIpc) is 2.91. The Morgan fingerprint density at radius 3 is 2.61 bits per heavy atom. The molecule has 0 amide bonds. The standard InChI is InChI=1S/C16H17N4O2.HI/c1-2-3-11-18-16-12-14(20(21)22)9-10-15(16)17-19(18)13-7-5-4-6-8-13;/h4-10,12H,2-3,11H2,1H3;1H/q+1;/p-1. The van der Waals surface area contributed by atoms with Crippen molar-refractivity contribution in [1.82, 2.24) is 9.90 Å². The normalized spacial score (nSPS) is 10.5. The number of rotatable bonds is 5. The van der Waals surface area contributed by atoms with Crippen LogP contribution in [0.2, 0.25) is 0 Å². The molecule has 3 rings (SSSR count). The molecular weight excluding hydrogens is 407 g/mol. The zero-order valence-electron chi connectivity index (χ0n) is 12.7. The van der Waals surface area contributed by atoms with Gasteiger partial charge in [0, 0.05) is 12.1 Å². The predicted octanol–water partition coefficient (Wildman–Crippen LogP) is 0.0253. The van der Waals surface area contributed by atoms with Crippen LogP contribution in [0.5, 0.6) is 0 Å². The maximum atomic E-state index is 11.0. The molecular formula is C16H17IN4O2. The van der Waals surface area contributed by atoms with Crippen LogP contribution in [0.25, 0.3) is 16.7 Å². The van der Waals surface area contributed by atoms with E-state index in [4.69, 9.17) is 0 Å². The zero-order valence-corrected chi connectivity index (χ0v) is 14.9. The highest BCUT2D eigenvalue weighted by molar-refractivity contribution is 5.73. The number of non-ortho nitro benzene ring substituents is 1. The van der Waals surface area contributed by atoms with Crippen molar-refractivity contribution in [3.63, 3.8) is 0 Å². The summed E-state index contributed by atoms with van der Waals surface area (Å²) in [6, 6.07) is 14.6. The number of benzene rings is 2. The van der Waals surface area contributed by atoms with Gasteiger partial charge in [0.2, 0.25) is 11.0 Å². The Hall–Kier alpha value is -2.03. The van der Waals surface area contributed by atoms with Gasteiger partial charge in [-0.3, -0.25) is 10.1 Å². The van der Waals surface area contributed by atoms with Crippen molar-refractivity contribution in [3.8, 4) is 5.69 Å². The summed E-state index contributed by atoms with van der Waals surface area (Å²) in [4.78, 5) is 12.5. The third kappa shape index (κ3) is 3.49. The molecule has 3 aromatic rings. The molecule has 23 heavy (non-hydrogen) atoms. The second kappa shape index (κ2) is 7.49. The van der Waals surface area contributed by atoms with Crippen molar-refractivity contribution in [1.29, 1.82) is 0 Å². The van der Waals surface area contributed by atoms with E-state index in [2.05, 4.69) is 12.0 Å². The molecule has 0 unspecified atom stereocenters. The minimum atomic E-state index is -0.372. The van der Waals surface area contributed by atoms with Crippen LogP contribution < -0.4 is 28.7 Å². The third-order valence-electron chi connectivity index (χ3n) is 3.59. The molecule has 1 heterocycles. The summed E-state index contributed by atoms with van der Waals surface area (Å²) in [5.74, 6) is 0. The van der Waals surface area contributed by atoms with E-state index in [1.54, 1.807) is 12.1 Å². The lowest BCUT2D eigenvalue weighted by Crippen LogP contribution is -3.00. The maximum absolute atomic E-state index is 11.0. The van der Waals surface area contributed by atoms with Gasteiger partial charge in [0.05, 0.1) is 16.1 Å². The van der Waals surface area contributed by atoms with E-state index in [1.165, 1.54) is 6.07 Å². The molecule has 0 fully saturated rings. The van der Waals surface area contributed by atoms with Gasteiger partial charge in [-0.25, -0.2) is 0 Å². The van der Waals surface area contributed by atoms with Crippen LogP contribution in [0.4, 0.5) is 5.69 Å². The summed E-state index contributed by atoms with van der Waals surface area (Å²) in [6.45, 7) is 2.89. The van der Waals surface area contributed by atoms with Gasteiger partial charge < -0.3 is 24.0 Å². The fourth-order valence-corrected chi connectivity index (χ4v) is 2.46. The van der Waals surface area contributed by atoms with Gasteiger partial charge in [0.25, 0.3) is 5.69 Å². The molecule has 0 atom stereocenters. The Bertz CT molecular complexity index is 818. The van der Waals surface area contributed by atoms with Gasteiger partial charge in [-0.2, -0.15) is 0 Å². The maximum Gasteiger partial charge on any atom is 0.274 e. The monoisotopic (exact) mass is 424 g/mol. The highest BCUT2D eigenvalue weighted by Crippen LogP contribution is 2.18. The number of halogens is 1. The van der Waals surface area contributed by atoms with Crippen molar-refractivity contribution < 1.29 is 33.6 Å². The van der Waals surface area contributed by atoms with Crippen molar-refractivity contribution in [3.05, 3.63) is 58.6 Å². The van der Waals surface area contributed by atoms with Gasteiger partial charge >= 0.3 is 0 Å². The van der Waals surface area contributed by atoms with Crippen LogP contribution in [0.3, 0.4) is 0 Å². The molecule has 1 aromatic heterocycles. The second-order valence-corrected chi connectivity index (χ2v) is 5.13. The average molecular weight is 424 g/mol. The first-order valence-corrected chi connectivity index (χ1v) is 7.33. The molecule has 0 radical (unpaired) electrons. The number of aryl methyl sites for hydroxylation is 1. The first-order chi connectivity index (χ1) is 10.7. The third-order valence-corrected chi connectivity index (χ3v) is 3.59. The van der Waals surface area contributed by atoms with E-state index in [0.29, 0.717) is 0 Å². The van der Waals surface area contributed by atoms with Crippen LogP contribution in [0.1, 0.15) is 19.8 Å². The van der Waals surface area contributed by atoms with Crippen LogP contribution in [0, 0.1) is 10.1 Å². The van der Waals surface area contributed by atoms with Crippen LogP contribution >= 0.6 is 0 Å². The van der Waals surface area contributed by atoms with E-state index in [1.807, 2.05) is 39.8 Å². The Morgan fingerprint density at radius 2 is 1.96 bits per heavy atom. The molecule has 0 bridgehead atoms. The molecule has 2 aromatic carbocycles. The van der Waals surface area contributed by atoms with Gasteiger partial charge in [-0.15, -0.1) is 4.68 Å². The Balaban J connectivity index is 0.00000192. The summed E-state index contributed by atoms with van der Waals surface area (Å²) in [7, 11) is 0. The van der Waals surface area contributed by atoms with E-state index in [0.717, 1.165) is 36.1 Å². The number of fused-ring (bicyclic) bond motifs is 1. The minimum Gasteiger partial charge on any atom is -1.00 e. The van der Waals surface area contributed by atoms with Gasteiger partial charge in [0.15, 0.2) is 0 Å². The van der Waals surface area contributed by atoms with Gasteiger partial charge in [-0.1, -0.05) is 31.5 Å². The lowest BCUT2D eigenvalue weighted by molar-refractivity contribution is -0.749. The van der Waals surface area contributed by atoms with Crippen LogP contribution in [0.15, 0.2) is 48.5 Å². The molecule has 0 aliphatic heterocycles. The topological polar surface area (TPSA) is 64.8 Å². The van der Waals surface area contributed by atoms with Crippen molar-refractivity contribution in [2.24, 2.45) is 0 Å². The van der Waals surface area contributed by atoms with Crippen LogP contribution in [-0.2, 0) is 6.54 Å². The summed E-state index contributed by atoms with van der Waals surface area (Å²) >= 11 is 0. The van der Waals surface area contributed by atoms with E-state index < -0.39 is 0 Å². The quantitative estimate of drug-likeness (QED) is 0.251. The number of nitro groups is 1. The number of unbranched alkanes of at least 4 members (excludes halogenated alkanes) is 1. The summed E-state index contributed by atoms with van der Waals surface area (Å²) in [6.07, 6.45) is 2.03. The molecule has 0 spiro atoms. The molecule has 6 nitrogen and oxygen atoms in total. The van der Waals surface area contributed by atoms with E-state index >= 15 is 0 Å². The Morgan fingerprint density at radius 1 is 1.22 bits per heavy atom. The van der Waals surface area contributed by atoms with E-state index in [-0.39, 0.29) is 34.6 Å². The van der Waals surface area contributed by atoms with Crippen molar-refractivity contribution in [2.75, 3.05) is 0 Å². The molecule has 120 valence electrons. The molecule has 0 N–H and O–H groups in total. The van der Waals surface area contributed by atoms with Gasteiger partial charge in [0.1, 0.15) is 12.2 Å². The molecule has 0 aliphatic rings. The number of hydrogen-bond acceptors (Lipinski definition) is 3. The van der Waals surface area contributed by atoms with E-state index in [9.17, 15) is 10.1 Å².